The van der Waals surface area contributed by atoms with Gasteiger partial charge < -0.3 is 5.73 Å². The van der Waals surface area contributed by atoms with Crippen LogP contribution in [-0.2, 0) is 0 Å². The van der Waals surface area contributed by atoms with E-state index in [4.69, 9.17) is 5.73 Å². The molecule has 2 nitrogen and oxygen atoms in total. The quantitative estimate of drug-likeness (QED) is 0.806. The zero-order valence-electron chi connectivity index (χ0n) is 10.8. The molecule has 16 heavy (non-hydrogen) atoms. The molecule has 0 aromatic rings. The third-order valence-corrected chi connectivity index (χ3v) is 5.36. The van der Waals surface area contributed by atoms with E-state index in [1.165, 1.54) is 50.3 Å². The highest BCUT2D eigenvalue weighted by Crippen LogP contribution is 2.38. The largest absolute Gasteiger partial charge is 0.329 e. The summed E-state index contributed by atoms with van der Waals surface area (Å²) in [4.78, 5) is 2.72. The lowest BCUT2D eigenvalue weighted by atomic mass is 9.79. The molecule has 2 saturated heterocycles. The first-order valence-electron chi connectivity index (χ1n) is 6.61. The van der Waals surface area contributed by atoms with E-state index in [0.717, 1.165) is 6.54 Å². The maximum Gasteiger partial charge on any atom is 0.0347 e. The van der Waals surface area contributed by atoms with Gasteiger partial charge in [0.15, 0.2) is 0 Å². The SMILES string of the molecule is CC1(C)CCCN(C2(CN)CCSCC2)C1. The van der Waals surface area contributed by atoms with Crippen LogP contribution in [-0.4, -0.2) is 41.6 Å². The highest BCUT2D eigenvalue weighted by molar-refractivity contribution is 7.99. The molecule has 0 aromatic carbocycles. The Hall–Kier alpha value is 0.270. The standard InChI is InChI=1S/C13H26N2S/c1-12(2)4-3-7-15(11-12)13(10-14)5-8-16-9-6-13/h3-11,14H2,1-2H3. The third kappa shape index (κ3) is 2.57. The van der Waals surface area contributed by atoms with Crippen LogP contribution in [0.3, 0.4) is 0 Å². The summed E-state index contributed by atoms with van der Waals surface area (Å²) in [7, 11) is 0. The van der Waals surface area contributed by atoms with Gasteiger partial charge in [-0.25, -0.2) is 0 Å². The van der Waals surface area contributed by atoms with E-state index < -0.39 is 0 Å². The van der Waals surface area contributed by atoms with Gasteiger partial charge in [-0.1, -0.05) is 13.8 Å². The van der Waals surface area contributed by atoms with Crippen molar-refractivity contribution in [2.24, 2.45) is 11.1 Å². The normalized spacial score (nSPS) is 30.2. The first-order chi connectivity index (χ1) is 7.58. The molecule has 2 aliphatic heterocycles. The van der Waals surface area contributed by atoms with Crippen LogP contribution in [0.2, 0.25) is 0 Å². The molecule has 0 atom stereocenters. The molecule has 94 valence electrons. The second kappa shape index (κ2) is 4.87. The molecule has 0 saturated carbocycles. The summed E-state index contributed by atoms with van der Waals surface area (Å²) in [5.74, 6) is 2.60. The first-order valence-corrected chi connectivity index (χ1v) is 7.76. The predicted octanol–water partition coefficient (Wildman–Crippen LogP) is 2.33. The van der Waals surface area contributed by atoms with E-state index in [0.29, 0.717) is 11.0 Å². The monoisotopic (exact) mass is 242 g/mol. The number of rotatable bonds is 2. The number of piperidine rings is 1. The second-order valence-electron chi connectivity index (χ2n) is 6.23. The molecule has 2 rings (SSSR count). The van der Waals surface area contributed by atoms with Crippen molar-refractivity contribution >= 4 is 11.8 Å². The Morgan fingerprint density at radius 2 is 1.88 bits per heavy atom. The van der Waals surface area contributed by atoms with Crippen LogP contribution in [0.15, 0.2) is 0 Å². The van der Waals surface area contributed by atoms with Crippen LogP contribution in [0.25, 0.3) is 0 Å². The Bertz CT molecular complexity index is 234. The van der Waals surface area contributed by atoms with Crippen LogP contribution in [0, 0.1) is 5.41 Å². The molecule has 0 aliphatic carbocycles. The molecule has 0 aromatic heterocycles. The van der Waals surface area contributed by atoms with Crippen LogP contribution < -0.4 is 5.73 Å². The first kappa shape index (κ1) is 12.7. The zero-order valence-corrected chi connectivity index (χ0v) is 11.6. The van der Waals surface area contributed by atoms with Gasteiger partial charge in [0.1, 0.15) is 0 Å². The van der Waals surface area contributed by atoms with E-state index in [1.54, 1.807) is 0 Å². The molecule has 0 radical (unpaired) electrons. The fraction of sp³-hybridized carbons (Fsp3) is 1.00. The van der Waals surface area contributed by atoms with Gasteiger partial charge in [-0.05, 0) is 49.1 Å². The minimum atomic E-state index is 0.336. The van der Waals surface area contributed by atoms with Crippen molar-refractivity contribution in [1.29, 1.82) is 0 Å². The Morgan fingerprint density at radius 1 is 1.19 bits per heavy atom. The summed E-state index contributed by atoms with van der Waals surface area (Å²) >= 11 is 2.09. The molecule has 0 amide bonds. The number of nitrogens with two attached hydrogens (primary N) is 1. The van der Waals surface area contributed by atoms with Crippen molar-refractivity contribution in [3.8, 4) is 0 Å². The highest BCUT2D eigenvalue weighted by Gasteiger charge is 2.40. The predicted molar refractivity (Wildman–Crippen MR) is 72.9 cm³/mol. The molecule has 0 bridgehead atoms. The second-order valence-corrected chi connectivity index (χ2v) is 7.45. The minimum absolute atomic E-state index is 0.336. The van der Waals surface area contributed by atoms with E-state index in [1.807, 2.05) is 0 Å². The van der Waals surface area contributed by atoms with Gasteiger partial charge in [0.25, 0.3) is 0 Å². The summed E-state index contributed by atoms with van der Waals surface area (Å²) < 4.78 is 0. The lowest BCUT2D eigenvalue weighted by molar-refractivity contribution is 0.0131. The topological polar surface area (TPSA) is 29.3 Å². The van der Waals surface area contributed by atoms with Gasteiger partial charge in [0.2, 0.25) is 0 Å². The van der Waals surface area contributed by atoms with Gasteiger partial charge in [-0.15, -0.1) is 0 Å². The van der Waals surface area contributed by atoms with Crippen molar-refractivity contribution in [3.63, 3.8) is 0 Å². The van der Waals surface area contributed by atoms with Gasteiger partial charge in [-0.3, -0.25) is 4.90 Å². The molecular formula is C13H26N2S. The van der Waals surface area contributed by atoms with Gasteiger partial charge in [-0.2, -0.15) is 11.8 Å². The van der Waals surface area contributed by atoms with Crippen molar-refractivity contribution < 1.29 is 0 Å². The van der Waals surface area contributed by atoms with Crippen molar-refractivity contribution in [2.75, 3.05) is 31.1 Å². The third-order valence-electron chi connectivity index (χ3n) is 4.37. The lowest BCUT2D eigenvalue weighted by Gasteiger charge is -2.51. The van der Waals surface area contributed by atoms with Gasteiger partial charge >= 0.3 is 0 Å². The average Bonchev–Trinajstić information content (AvgIpc) is 2.29. The van der Waals surface area contributed by atoms with Crippen molar-refractivity contribution in [1.82, 2.24) is 4.90 Å². The van der Waals surface area contributed by atoms with Crippen molar-refractivity contribution in [2.45, 2.75) is 45.1 Å². The van der Waals surface area contributed by atoms with Crippen LogP contribution >= 0.6 is 11.8 Å². The fourth-order valence-electron chi connectivity index (χ4n) is 3.23. The molecule has 2 fully saturated rings. The Labute approximate surface area is 104 Å². The Balaban J connectivity index is 2.08. The summed E-state index contributed by atoms with van der Waals surface area (Å²) in [5.41, 5.74) is 6.93. The van der Waals surface area contributed by atoms with E-state index in [9.17, 15) is 0 Å². The highest BCUT2D eigenvalue weighted by atomic mass is 32.2. The van der Waals surface area contributed by atoms with Gasteiger partial charge in [0, 0.05) is 18.6 Å². The van der Waals surface area contributed by atoms with Crippen molar-refractivity contribution in [3.05, 3.63) is 0 Å². The number of hydrogen-bond acceptors (Lipinski definition) is 3. The number of hydrogen-bond donors (Lipinski definition) is 1. The Morgan fingerprint density at radius 3 is 2.44 bits per heavy atom. The van der Waals surface area contributed by atoms with E-state index in [-0.39, 0.29) is 0 Å². The minimum Gasteiger partial charge on any atom is -0.329 e. The molecular weight excluding hydrogens is 216 g/mol. The maximum absolute atomic E-state index is 6.11. The number of thioether (sulfide) groups is 1. The van der Waals surface area contributed by atoms with Crippen LogP contribution in [0.5, 0.6) is 0 Å². The molecule has 2 N–H and O–H groups in total. The number of likely N-dealkylation sites (tertiary alicyclic amines) is 1. The zero-order chi connectivity index (χ0) is 11.6. The smallest absolute Gasteiger partial charge is 0.0347 e. The maximum atomic E-state index is 6.11. The number of nitrogens with zero attached hydrogens (tertiary/aromatic N) is 1. The van der Waals surface area contributed by atoms with E-state index in [2.05, 4.69) is 30.5 Å². The van der Waals surface area contributed by atoms with Gasteiger partial charge in [0.05, 0.1) is 0 Å². The molecule has 3 heteroatoms. The Kier molecular flexibility index (Phi) is 3.87. The fourth-order valence-corrected chi connectivity index (χ4v) is 4.48. The van der Waals surface area contributed by atoms with Crippen LogP contribution in [0.4, 0.5) is 0 Å². The lowest BCUT2D eigenvalue weighted by Crippen LogP contribution is -2.59. The average molecular weight is 242 g/mol. The summed E-state index contributed by atoms with van der Waals surface area (Å²) in [6, 6.07) is 0. The summed E-state index contributed by atoms with van der Waals surface area (Å²) in [6.45, 7) is 8.17. The summed E-state index contributed by atoms with van der Waals surface area (Å²) in [5, 5.41) is 0. The summed E-state index contributed by atoms with van der Waals surface area (Å²) in [6.07, 6.45) is 5.31. The van der Waals surface area contributed by atoms with E-state index >= 15 is 0 Å². The molecule has 2 aliphatic rings. The van der Waals surface area contributed by atoms with Crippen LogP contribution in [0.1, 0.15) is 39.5 Å². The molecule has 0 spiro atoms. The molecule has 0 unspecified atom stereocenters. The molecule has 2 heterocycles.